The number of hydrogen-bond acceptors (Lipinski definition) is 3. The monoisotopic (exact) mass is 198 g/mol. The summed E-state index contributed by atoms with van der Waals surface area (Å²) in [6.07, 6.45) is 0. The van der Waals surface area contributed by atoms with E-state index in [1.165, 1.54) is 13.2 Å². The third-order valence-electron chi connectivity index (χ3n) is 1.81. The van der Waals surface area contributed by atoms with Gasteiger partial charge in [-0.05, 0) is 12.1 Å². The minimum absolute atomic E-state index is 0.113. The van der Waals surface area contributed by atoms with Gasteiger partial charge in [0.15, 0.2) is 16.6 Å². The molecular weight excluding hydrogens is 191 g/mol. The van der Waals surface area contributed by atoms with Crippen molar-refractivity contribution in [2.24, 2.45) is 0 Å². The van der Waals surface area contributed by atoms with Crippen molar-refractivity contribution in [2.75, 3.05) is 7.11 Å². The van der Waals surface area contributed by atoms with Gasteiger partial charge in [-0.25, -0.2) is 4.39 Å². The number of rotatable bonds is 1. The number of aromatic hydroxyl groups is 1. The fourth-order valence-electron chi connectivity index (χ4n) is 1.20. The predicted octanol–water partition coefficient (Wildman–Crippen LogP) is 2.75. The molecule has 2 aromatic rings. The molecule has 4 heteroatoms. The molecular formula is C9H7FO2S. The van der Waals surface area contributed by atoms with E-state index in [0.717, 1.165) is 16.0 Å². The number of methoxy groups -OCH3 is 1. The van der Waals surface area contributed by atoms with Crippen molar-refractivity contribution in [1.29, 1.82) is 0 Å². The Hall–Kier alpha value is -1.29. The van der Waals surface area contributed by atoms with Crippen LogP contribution in [0.4, 0.5) is 4.39 Å². The van der Waals surface area contributed by atoms with Gasteiger partial charge < -0.3 is 9.84 Å². The molecule has 0 spiro atoms. The Bertz CT molecular complexity index is 450. The number of thiophene rings is 1. The standard InChI is InChI=1S/C9H7FO2S/c1-12-6-2-3-7-5(9(6)10)4-8(11)13-7/h2-4,11H,1H3. The van der Waals surface area contributed by atoms with Gasteiger partial charge in [-0.3, -0.25) is 0 Å². The predicted molar refractivity (Wildman–Crippen MR) is 50.0 cm³/mol. The highest BCUT2D eigenvalue weighted by Crippen LogP contribution is 2.35. The molecule has 1 aromatic heterocycles. The summed E-state index contributed by atoms with van der Waals surface area (Å²) < 4.78 is 19.0. The molecule has 0 fully saturated rings. The zero-order valence-corrected chi connectivity index (χ0v) is 7.69. The van der Waals surface area contributed by atoms with Gasteiger partial charge in [0, 0.05) is 16.2 Å². The maximum Gasteiger partial charge on any atom is 0.173 e. The minimum atomic E-state index is -0.420. The summed E-state index contributed by atoms with van der Waals surface area (Å²) in [7, 11) is 1.41. The fourth-order valence-corrected chi connectivity index (χ4v) is 2.00. The molecule has 0 unspecified atom stereocenters. The van der Waals surface area contributed by atoms with Crippen LogP contribution in [0.3, 0.4) is 0 Å². The zero-order chi connectivity index (χ0) is 9.42. The zero-order valence-electron chi connectivity index (χ0n) is 6.87. The lowest BCUT2D eigenvalue weighted by Crippen LogP contribution is -1.86. The van der Waals surface area contributed by atoms with Crippen LogP contribution in [0.15, 0.2) is 18.2 Å². The molecule has 13 heavy (non-hydrogen) atoms. The highest BCUT2D eigenvalue weighted by Gasteiger charge is 2.10. The van der Waals surface area contributed by atoms with Gasteiger partial charge in [-0.1, -0.05) is 11.3 Å². The Morgan fingerprint density at radius 3 is 2.92 bits per heavy atom. The summed E-state index contributed by atoms with van der Waals surface area (Å²) in [6.45, 7) is 0. The van der Waals surface area contributed by atoms with Crippen LogP contribution in [0.25, 0.3) is 10.1 Å². The average molecular weight is 198 g/mol. The van der Waals surface area contributed by atoms with Crippen molar-refractivity contribution in [3.8, 4) is 10.8 Å². The molecule has 0 aliphatic heterocycles. The van der Waals surface area contributed by atoms with E-state index in [4.69, 9.17) is 9.84 Å². The van der Waals surface area contributed by atoms with Crippen molar-refractivity contribution in [3.05, 3.63) is 24.0 Å². The lowest BCUT2D eigenvalue weighted by atomic mass is 10.2. The molecule has 0 atom stereocenters. The highest BCUT2D eigenvalue weighted by molar-refractivity contribution is 7.20. The van der Waals surface area contributed by atoms with E-state index >= 15 is 0 Å². The first-order valence-electron chi connectivity index (χ1n) is 3.67. The Labute approximate surface area is 78.2 Å². The SMILES string of the molecule is COc1ccc2sc(O)cc2c1F. The summed E-state index contributed by atoms with van der Waals surface area (Å²) in [6, 6.07) is 4.67. The van der Waals surface area contributed by atoms with E-state index in [1.54, 1.807) is 12.1 Å². The van der Waals surface area contributed by atoms with Crippen LogP contribution in [-0.2, 0) is 0 Å². The van der Waals surface area contributed by atoms with Crippen LogP contribution in [0.2, 0.25) is 0 Å². The first kappa shape index (κ1) is 8.31. The first-order chi connectivity index (χ1) is 6.22. The van der Waals surface area contributed by atoms with Gasteiger partial charge in [-0.2, -0.15) is 0 Å². The topological polar surface area (TPSA) is 29.5 Å². The third-order valence-corrected chi connectivity index (χ3v) is 2.71. The fraction of sp³-hybridized carbons (Fsp3) is 0.111. The van der Waals surface area contributed by atoms with Crippen LogP contribution in [-0.4, -0.2) is 12.2 Å². The molecule has 2 nitrogen and oxygen atoms in total. The second kappa shape index (κ2) is 2.88. The molecule has 2 rings (SSSR count). The summed E-state index contributed by atoms with van der Waals surface area (Å²) in [5.74, 6) is -0.221. The smallest absolute Gasteiger partial charge is 0.173 e. The van der Waals surface area contributed by atoms with Crippen LogP contribution in [0, 0.1) is 5.82 Å². The molecule has 1 aromatic carbocycles. The number of ether oxygens (including phenoxy) is 1. The lowest BCUT2D eigenvalue weighted by molar-refractivity contribution is 0.389. The van der Waals surface area contributed by atoms with Gasteiger partial charge in [0.25, 0.3) is 0 Å². The molecule has 0 saturated carbocycles. The molecule has 0 aliphatic rings. The van der Waals surface area contributed by atoms with E-state index in [0.29, 0.717) is 5.39 Å². The van der Waals surface area contributed by atoms with E-state index < -0.39 is 5.82 Å². The van der Waals surface area contributed by atoms with Crippen LogP contribution < -0.4 is 4.74 Å². The van der Waals surface area contributed by atoms with Crippen molar-refractivity contribution >= 4 is 21.4 Å². The van der Waals surface area contributed by atoms with Gasteiger partial charge in [0.05, 0.1) is 7.11 Å². The molecule has 0 bridgehead atoms. The maximum atomic E-state index is 13.5. The largest absolute Gasteiger partial charge is 0.499 e. The number of benzene rings is 1. The van der Waals surface area contributed by atoms with Gasteiger partial charge in [0.1, 0.15) is 0 Å². The molecule has 1 N–H and O–H groups in total. The van der Waals surface area contributed by atoms with Gasteiger partial charge in [-0.15, -0.1) is 0 Å². The lowest BCUT2D eigenvalue weighted by Gasteiger charge is -2.00. The van der Waals surface area contributed by atoms with Crippen LogP contribution >= 0.6 is 11.3 Å². The molecule has 0 aliphatic carbocycles. The van der Waals surface area contributed by atoms with Gasteiger partial charge >= 0.3 is 0 Å². The maximum absolute atomic E-state index is 13.5. The first-order valence-corrected chi connectivity index (χ1v) is 4.49. The highest BCUT2D eigenvalue weighted by atomic mass is 32.1. The Morgan fingerprint density at radius 1 is 1.46 bits per heavy atom. The van der Waals surface area contributed by atoms with Crippen molar-refractivity contribution in [1.82, 2.24) is 0 Å². The van der Waals surface area contributed by atoms with Crippen LogP contribution in [0.5, 0.6) is 10.8 Å². The average Bonchev–Trinajstić information content (AvgIpc) is 2.47. The number of hydrogen-bond donors (Lipinski definition) is 1. The van der Waals surface area contributed by atoms with Crippen molar-refractivity contribution in [2.45, 2.75) is 0 Å². The van der Waals surface area contributed by atoms with E-state index in [1.807, 2.05) is 0 Å². The van der Waals surface area contributed by atoms with E-state index in [-0.39, 0.29) is 10.8 Å². The number of halogens is 1. The summed E-state index contributed by atoms with van der Waals surface area (Å²) in [4.78, 5) is 0. The Balaban J connectivity index is 2.78. The normalized spacial score (nSPS) is 10.6. The quantitative estimate of drug-likeness (QED) is 0.763. The van der Waals surface area contributed by atoms with E-state index in [9.17, 15) is 4.39 Å². The Kier molecular flexibility index (Phi) is 1.84. The van der Waals surface area contributed by atoms with E-state index in [2.05, 4.69) is 0 Å². The van der Waals surface area contributed by atoms with Crippen molar-refractivity contribution < 1.29 is 14.2 Å². The molecule has 0 saturated heterocycles. The van der Waals surface area contributed by atoms with Crippen LogP contribution in [0.1, 0.15) is 0 Å². The molecule has 68 valence electrons. The number of fused-ring (bicyclic) bond motifs is 1. The minimum Gasteiger partial charge on any atom is -0.499 e. The summed E-state index contributed by atoms with van der Waals surface area (Å²) >= 11 is 1.15. The molecule has 0 radical (unpaired) electrons. The summed E-state index contributed by atoms with van der Waals surface area (Å²) in [5, 5.41) is 9.67. The van der Waals surface area contributed by atoms with Gasteiger partial charge in [0.2, 0.25) is 0 Å². The summed E-state index contributed by atoms with van der Waals surface area (Å²) in [5.41, 5.74) is 0. The Morgan fingerprint density at radius 2 is 2.23 bits per heavy atom. The molecule has 0 amide bonds. The molecule has 1 heterocycles. The van der Waals surface area contributed by atoms with Crippen molar-refractivity contribution in [3.63, 3.8) is 0 Å². The second-order valence-electron chi connectivity index (χ2n) is 2.58. The second-order valence-corrected chi connectivity index (χ2v) is 3.64. The third kappa shape index (κ3) is 1.23.